The van der Waals surface area contributed by atoms with Gasteiger partial charge in [-0.15, -0.1) is 0 Å². The van der Waals surface area contributed by atoms with Crippen LogP contribution >= 0.6 is 11.6 Å². The van der Waals surface area contributed by atoms with Crippen molar-refractivity contribution < 1.29 is 43.8 Å². The zero-order valence-electron chi connectivity index (χ0n) is 20.3. The van der Waals surface area contributed by atoms with Gasteiger partial charge in [0, 0.05) is 10.6 Å². The van der Waals surface area contributed by atoms with Gasteiger partial charge in [-0.25, -0.2) is 4.79 Å². The van der Waals surface area contributed by atoms with Crippen molar-refractivity contribution in [3.8, 4) is 5.75 Å². The second-order valence-corrected chi connectivity index (χ2v) is 9.30. The number of aliphatic hydroxyl groups is 3. The van der Waals surface area contributed by atoms with Crippen LogP contribution in [0, 0.1) is 0 Å². The molecule has 4 rings (SSSR count). The predicted octanol–water partition coefficient (Wildman–Crippen LogP) is 2.93. The van der Waals surface area contributed by atoms with E-state index in [-0.39, 0.29) is 13.2 Å². The van der Waals surface area contributed by atoms with Crippen LogP contribution in [0.3, 0.4) is 0 Å². The van der Waals surface area contributed by atoms with E-state index in [1.807, 2.05) is 31.2 Å². The quantitative estimate of drug-likeness (QED) is 0.449. The maximum absolute atomic E-state index is 11.9. The highest BCUT2D eigenvalue weighted by Crippen LogP contribution is 2.51. The lowest BCUT2D eigenvalue weighted by atomic mass is 9.81. The lowest BCUT2D eigenvalue weighted by Crippen LogP contribution is -2.68. The molecule has 0 saturated carbocycles. The second kappa shape index (κ2) is 10.5. The monoisotopic (exact) mass is 522 g/mol. The summed E-state index contributed by atoms with van der Waals surface area (Å²) in [6, 6.07) is 12.6. The number of fused-ring (bicyclic) bond motifs is 2. The Balaban J connectivity index is 1.64. The summed E-state index contributed by atoms with van der Waals surface area (Å²) >= 11 is 6.49. The number of hydrogen-bond donors (Lipinski definition) is 3. The minimum atomic E-state index is -1.82. The van der Waals surface area contributed by atoms with E-state index in [1.165, 1.54) is 6.92 Å². The lowest BCUT2D eigenvalue weighted by Gasteiger charge is -2.48. The van der Waals surface area contributed by atoms with Crippen LogP contribution in [0.25, 0.3) is 0 Å². The molecule has 2 heterocycles. The Morgan fingerprint density at radius 3 is 2.50 bits per heavy atom. The molecule has 2 aliphatic rings. The zero-order chi connectivity index (χ0) is 26.1. The molecule has 0 aliphatic carbocycles. The Bertz CT molecular complexity index is 1080. The molecular formula is C26H31ClO9. The van der Waals surface area contributed by atoms with Gasteiger partial charge in [-0.1, -0.05) is 29.8 Å². The van der Waals surface area contributed by atoms with E-state index in [1.54, 1.807) is 25.1 Å². The van der Waals surface area contributed by atoms with Crippen LogP contribution in [-0.4, -0.2) is 71.3 Å². The van der Waals surface area contributed by atoms with Crippen molar-refractivity contribution in [2.45, 2.75) is 63.0 Å². The Labute approximate surface area is 214 Å². The molecule has 3 N–H and O–H groups in total. The van der Waals surface area contributed by atoms with Crippen molar-refractivity contribution in [2.24, 2.45) is 0 Å². The van der Waals surface area contributed by atoms with Gasteiger partial charge in [-0.3, -0.25) is 0 Å². The van der Waals surface area contributed by atoms with Crippen LogP contribution in [0.4, 0.5) is 4.79 Å². The first-order valence-corrected chi connectivity index (χ1v) is 12.3. The molecule has 0 aromatic heterocycles. The first-order chi connectivity index (χ1) is 17.2. The van der Waals surface area contributed by atoms with E-state index in [2.05, 4.69) is 0 Å². The smallest absolute Gasteiger partial charge is 0.494 e. The Hall–Kier alpha value is -2.40. The molecule has 2 aromatic carbocycles. The molecule has 2 fully saturated rings. The largest absolute Gasteiger partial charge is 0.508 e. The third kappa shape index (κ3) is 4.67. The highest BCUT2D eigenvalue weighted by atomic mass is 35.5. The molecule has 1 unspecified atom stereocenters. The summed E-state index contributed by atoms with van der Waals surface area (Å²) in [5.74, 6) is -1.05. The van der Waals surface area contributed by atoms with Crippen molar-refractivity contribution in [3.05, 3.63) is 64.2 Å². The van der Waals surface area contributed by atoms with Crippen LogP contribution in [0.5, 0.6) is 5.75 Å². The number of hydrogen-bond acceptors (Lipinski definition) is 9. The van der Waals surface area contributed by atoms with E-state index in [0.717, 1.165) is 16.9 Å². The average molecular weight is 523 g/mol. The van der Waals surface area contributed by atoms with E-state index in [0.29, 0.717) is 23.6 Å². The Kier molecular flexibility index (Phi) is 7.80. The minimum absolute atomic E-state index is 0.103. The first kappa shape index (κ1) is 26.7. The van der Waals surface area contributed by atoms with Gasteiger partial charge in [0.15, 0.2) is 5.60 Å². The van der Waals surface area contributed by atoms with Gasteiger partial charge in [0.25, 0.3) is 0 Å². The fraction of sp³-hybridized carbons (Fsp3) is 0.500. The second-order valence-electron chi connectivity index (χ2n) is 8.90. The molecule has 36 heavy (non-hydrogen) atoms. The van der Waals surface area contributed by atoms with Gasteiger partial charge < -0.3 is 39.0 Å². The molecule has 2 saturated heterocycles. The van der Waals surface area contributed by atoms with Crippen LogP contribution in [-0.2, 0) is 31.2 Å². The third-order valence-corrected chi connectivity index (χ3v) is 7.06. The molecule has 9 nitrogen and oxygen atoms in total. The molecule has 0 spiro atoms. The lowest BCUT2D eigenvalue weighted by molar-refractivity contribution is -0.337. The summed E-state index contributed by atoms with van der Waals surface area (Å²) in [5.41, 5.74) is 0.478. The van der Waals surface area contributed by atoms with E-state index >= 15 is 0 Å². The number of halogens is 1. The number of carbonyl (C=O) groups excluding carboxylic acids is 1. The SMILES string of the molecule is CCOC(=O)OC(C)[C@@]12CO[C@@](c3ccc(Cl)c(Cc4ccc(OCC)cc4)c3)(O1)[C@H](O)[C@@H](O)[C@@H]2O. The molecule has 6 atom stereocenters. The van der Waals surface area contributed by atoms with Crippen molar-refractivity contribution in [1.29, 1.82) is 0 Å². The van der Waals surface area contributed by atoms with Crippen molar-refractivity contribution in [1.82, 2.24) is 0 Å². The van der Waals surface area contributed by atoms with Crippen molar-refractivity contribution in [3.63, 3.8) is 0 Å². The van der Waals surface area contributed by atoms with Gasteiger partial charge >= 0.3 is 6.16 Å². The summed E-state index contributed by atoms with van der Waals surface area (Å²) in [6.45, 7) is 5.48. The topological polar surface area (TPSA) is 124 Å². The summed E-state index contributed by atoms with van der Waals surface area (Å²) in [5, 5.41) is 33.1. The normalized spacial score (nSPS) is 30.0. The van der Waals surface area contributed by atoms with Gasteiger partial charge in [0.1, 0.15) is 30.2 Å². The molecule has 2 aromatic rings. The molecule has 2 aliphatic heterocycles. The van der Waals surface area contributed by atoms with Crippen LogP contribution in [0.1, 0.15) is 37.5 Å². The summed E-state index contributed by atoms with van der Waals surface area (Å²) in [6.07, 6.45) is -6.40. The number of rotatable bonds is 8. The summed E-state index contributed by atoms with van der Waals surface area (Å²) < 4.78 is 27.8. The van der Waals surface area contributed by atoms with Crippen molar-refractivity contribution >= 4 is 17.8 Å². The molecule has 196 valence electrons. The predicted molar refractivity (Wildman–Crippen MR) is 129 cm³/mol. The molecule has 10 heteroatoms. The Morgan fingerprint density at radius 1 is 1.11 bits per heavy atom. The summed E-state index contributed by atoms with van der Waals surface area (Å²) in [7, 11) is 0. The minimum Gasteiger partial charge on any atom is -0.494 e. The number of ether oxygens (including phenoxy) is 5. The zero-order valence-corrected chi connectivity index (χ0v) is 21.1. The standard InChI is InChI=1S/C26H31ClO9/c1-4-32-19-9-6-16(7-10-19)12-17-13-18(8-11-20(17)27)26-23(30)21(28)22(29)25(36-26,14-34-26)15(3)35-24(31)33-5-2/h6-11,13,15,21-23,28-30H,4-5,12,14H2,1-3H3/t15?,21-,22-,23+,25+,26-/m0/s1. The maximum Gasteiger partial charge on any atom is 0.508 e. The summed E-state index contributed by atoms with van der Waals surface area (Å²) in [4.78, 5) is 11.9. The maximum atomic E-state index is 11.9. The van der Waals surface area contributed by atoms with Crippen LogP contribution < -0.4 is 4.74 Å². The number of aliphatic hydroxyl groups excluding tert-OH is 3. The molecule has 0 amide bonds. The average Bonchev–Trinajstić information content (AvgIpc) is 3.25. The van der Waals surface area contributed by atoms with Gasteiger partial charge in [-0.2, -0.15) is 0 Å². The highest BCUT2D eigenvalue weighted by molar-refractivity contribution is 6.31. The molecule has 0 radical (unpaired) electrons. The van der Waals surface area contributed by atoms with E-state index < -0.39 is 42.0 Å². The van der Waals surface area contributed by atoms with E-state index in [4.69, 9.17) is 35.3 Å². The van der Waals surface area contributed by atoms with Crippen LogP contribution in [0.2, 0.25) is 5.02 Å². The van der Waals surface area contributed by atoms with Crippen molar-refractivity contribution in [2.75, 3.05) is 19.8 Å². The van der Waals surface area contributed by atoms with Gasteiger partial charge in [0.2, 0.25) is 5.79 Å². The van der Waals surface area contributed by atoms with Crippen LogP contribution in [0.15, 0.2) is 42.5 Å². The van der Waals surface area contributed by atoms with Gasteiger partial charge in [0.05, 0.1) is 19.8 Å². The number of carbonyl (C=O) groups is 1. The molecule has 2 bridgehead atoms. The highest BCUT2D eigenvalue weighted by Gasteiger charge is 2.69. The molecular weight excluding hydrogens is 492 g/mol. The fourth-order valence-corrected chi connectivity index (χ4v) is 4.89. The first-order valence-electron chi connectivity index (χ1n) is 11.9. The fourth-order valence-electron chi connectivity index (χ4n) is 4.71. The van der Waals surface area contributed by atoms with Gasteiger partial charge in [-0.05, 0) is 62.6 Å². The Morgan fingerprint density at radius 2 is 1.83 bits per heavy atom. The number of benzene rings is 2. The third-order valence-electron chi connectivity index (χ3n) is 6.69. The van der Waals surface area contributed by atoms with E-state index in [9.17, 15) is 20.1 Å².